The summed E-state index contributed by atoms with van der Waals surface area (Å²) in [4.78, 5) is 14.9. The minimum Gasteiger partial charge on any atom is -0.497 e. The first kappa shape index (κ1) is 14.9. The molecule has 0 saturated heterocycles. The zero-order valence-corrected chi connectivity index (χ0v) is 13.7. The normalized spacial score (nSPS) is 18.2. The lowest BCUT2D eigenvalue weighted by Crippen LogP contribution is -2.38. The van der Waals surface area contributed by atoms with Gasteiger partial charge in [-0.2, -0.15) is 0 Å². The van der Waals surface area contributed by atoms with Crippen LogP contribution in [0.15, 0.2) is 36.4 Å². The van der Waals surface area contributed by atoms with E-state index in [0.717, 1.165) is 12.2 Å². The molecule has 2 aliphatic rings. The number of amides is 1. The summed E-state index contributed by atoms with van der Waals surface area (Å²) in [6, 6.07) is 11.4. The standard InChI is InChI=1S/C19H19NO4/c1-12-16-5-4-15(22-2)9-13(16)7-8-20(12)19(21)14-3-6-17-18(10-14)24-11-23-17/h3-6,9-10,12H,7-8,11H2,1-2H3. The number of hydrogen-bond donors (Lipinski definition) is 0. The van der Waals surface area contributed by atoms with Crippen molar-refractivity contribution < 1.29 is 19.0 Å². The number of ether oxygens (including phenoxy) is 3. The minimum absolute atomic E-state index is 0.0160. The molecule has 2 aromatic carbocycles. The number of nitrogens with zero attached hydrogens (tertiary/aromatic N) is 1. The predicted octanol–water partition coefficient (Wildman–Crippen LogP) is 3.18. The monoisotopic (exact) mass is 325 g/mol. The van der Waals surface area contributed by atoms with Crippen molar-refractivity contribution in [2.75, 3.05) is 20.4 Å². The van der Waals surface area contributed by atoms with Gasteiger partial charge in [-0.15, -0.1) is 0 Å². The molecule has 5 heteroatoms. The lowest BCUT2D eigenvalue weighted by atomic mass is 9.92. The number of methoxy groups -OCH3 is 1. The largest absolute Gasteiger partial charge is 0.497 e. The Morgan fingerprint density at radius 3 is 2.83 bits per heavy atom. The number of hydrogen-bond acceptors (Lipinski definition) is 4. The molecule has 1 unspecified atom stereocenters. The molecule has 2 heterocycles. The van der Waals surface area contributed by atoms with Crippen LogP contribution in [0.5, 0.6) is 17.2 Å². The van der Waals surface area contributed by atoms with E-state index in [9.17, 15) is 4.79 Å². The Kier molecular flexibility index (Phi) is 3.56. The van der Waals surface area contributed by atoms with Gasteiger partial charge in [0.2, 0.25) is 6.79 Å². The second-order valence-electron chi connectivity index (χ2n) is 6.06. The van der Waals surface area contributed by atoms with E-state index in [1.54, 1.807) is 25.3 Å². The van der Waals surface area contributed by atoms with Crippen LogP contribution < -0.4 is 14.2 Å². The maximum absolute atomic E-state index is 12.9. The van der Waals surface area contributed by atoms with Crippen LogP contribution >= 0.6 is 0 Å². The SMILES string of the molecule is COc1ccc2c(c1)CCN(C(=O)c1ccc3c(c1)OCO3)C2C. The Hall–Kier alpha value is -2.69. The first-order chi connectivity index (χ1) is 11.7. The van der Waals surface area contributed by atoms with Crippen LogP contribution in [0.1, 0.15) is 34.5 Å². The second kappa shape index (κ2) is 5.74. The third-order valence-electron chi connectivity index (χ3n) is 4.77. The van der Waals surface area contributed by atoms with Crippen molar-refractivity contribution in [3.8, 4) is 17.2 Å². The predicted molar refractivity (Wildman–Crippen MR) is 88.7 cm³/mol. The second-order valence-corrected chi connectivity index (χ2v) is 6.06. The molecule has 24 heavy (non-hydrogen) atoms. The van der Waals surface area contributed by atoms with Crippen molar-refractivity contribution >= 4 is 5.91 Å². The molecule has 124 valence electrons. The number of carbonyl (C=O) groups is 1. The van der Waals surface area contributed by atoms with Gasteiger partial charge < -0.3 is 19.1 Å². The fourth-order valence-electron chi connectivity index (χ4n) is 3.41. The summed E-state index contributed by atoms with van der Waals surface area (Å²) in [5, 5.41) is 0. The summed E-state index contributed by atoms with van der Waals surface area (Å²) in [6.45, 7) is 2.96. The topological polar surface area (TPSA) is 48.0 Å². The van der Waals surface area contributed by atoms with Crippen molar-refractivity contribution in [3.05, 3.63) is 53.1 Å². The lowest BCUT2D eigenvalue weighted by Gasteiger charge is -2.35. The van der Waals surface area contributed by atoms with E-state index in [0.29, 0.717) is 23.6 Å². The van der Waals surface area contributed by atoms with E-state index in [1.165, 1.54) is 11.1 Å². The number of carbonyl (C=O) groups excluding carboxylic acids is 1. The molecule has 4 rings (SSSR count). The molecule has 0 N–H and O–H groups in total. The van der Waals surface area contributed by atoms with E-state index in [2.05, 4.69) is 19.1 Å². The van der Waals surface area contributed by atoms with E-state index in [1.807, 2.05) is 11.0 Å². The summed E-state index contributed by atoms with van der Waals surface area (Å²) in [5.41, 5.74) is 3.05. The van der Waals surface area contributed by atoms with Crippen molar-refractivity contribution in [2.45, 2.75) is 19.4 Å². The quantitative estimate of drug-likeness (QED) is 0.851. The molecule has 1 atom stereocenters. The Morgan fingerprint density at radius 2 is 2.00 bits per heavy atom. The van der Waals surface area contributed by atoms with Gasteiger partial charge in [0.1, 0.15) is 5.75 Å². The van der Waals surface area contributed by atoms with E-state index in [-0.39, 0.29) is 18.7 Å². The van der Waals surface area contributed by atoms with Crippen molar-refractivity contribution in [3.63, 3.8) is 0 Å². The summed E-state index contributed by atoms with van der Waals surface area (Å²) in [6.07, 6.45) is 0.827. The Bertz CT molecular complexity index is 802. The molecule has 0 spiro atoms. The molecule has 0 fully saturated rings. The van der Waals surface area contributed by atoms with E-state index >= 15 is 0 Å². The maximum Gasteiger partial charge on any atom is 0.254 e. The van der Waals surface area contributed by atoms with Crippen LogP contribution in [-0.4, -0.2) is 31.3 Å². The third-order valence-corrected chi connectivity index (χ3v) is 4.77. The fraction of sp³-hybridized carbons (Fsp3) is 0.316. The number of benzene rings is 2. The van der Waals surface area contributed by atoms with Gasteiger partial charge in [-0.1, -0.05) is 6.07 Å². The van der Waals surface area contributed by atoms with Gasteiger partial charge in [0.15, 0.2) is 11.5 Å². The van der Waals surface area contributed by atoms with Crippen LogP contribution in [0.4, 0.5) is 0 Å². The van der Waals surface area contributed by atoms with Crippen LogP contribution in [0.2, 0.25) is 0 Å². The molecule has 1 amide bonds. The van der Waals surface area contributed by atoms with Gasteiger partial charge >= 0.3 is 0 Å². The molecule has 0 radical (unpaired) electrons. The highest BCUT2D eigenvalue weighted by Gasteiger charge is 2.29. The van der Waals surface area contributed by atoms with Crippen LogP contribution in [-0.2, 0) is 6.42 Å². The van der Waals surface area contributed by atoms with Crippen LogP contribution in [0.3, 0.4) is 0 Å². The first-order valence-electron chi connectivity index (χ1n) is 8.05. The van der Waals surface area contributed by atoms with E-state index in [4.69, 9.17) is 14.2 Å². The summed E-state index contributed by atoms with van der Waals surface area (Å²) < 4.78 is 16.0. The molecule has 0 aromatic heterocycles. The molecule has 0 aliphatic carbocycles. The summed E-state index contributed by atoms with van der Waals surface area (Å²) >= 11 is 0. The van der Waals surface area contributed by atoms with Gasteiger partial charge in [-0.05, 0) is 54.8 Å². The average Bonchev–Trinajstić information content (AvgIpc) is 3.09. The Balaban J connectivity index is 1.61. The van der Waals surface area contributed by atoms with Gasteiger partial charge in [0.25, 0.3) is 5.91 Å². The van der Waals surface area contributed by atoms with Gasteiger partial charge in [0.05, 0.1) is 13.2 Å². The van der Waals surface area contributed by atoms with Gasteiger partial charge in [-0.25, -0.2) is 0 Å². The summed E-state index contributed by atoms with van der Waals surface area (Å²) in [5.74, 6) is 2.20. The van der Waals surface area contributed by atoms with Crippen molar-refractivity contribution in [1.82, 2.24) is 4.90 Å². The lowest BCUT2D eigenvalue weighted by molar-refractivity contribution is 0.0677. The smallest absolute Gasteiger partial charge is 0.254 e. The zero-order valence-electron chi connectivity index (χ0n) is 13.7. The maximum atomic E-state index is 12.9. The van der Waals surface area contributed by atoms with Gasteiger partial charge in [0, 0.05) is 12.1 Å². The summed E-state index contributed by atoms with van der Waals surface area (Å²) in [7, 11) is 1.67. The van der Waals surface area contributed by atoms with Crippen molar-refractivity contribution in [1.29, 1.82) is 0 Å². The average molecular weight is 325 g/mol. The van der Waals surface area contributed by atoms with E-state index < -0.39 is 0 Å². The zero-order chi connectivity index (χ0) is 16.7. The van der Waals surface area contributed by atoms with Crippen LogP contribution in [0, 0.1) is 0 Å². The first-order valence-corrected chi connectivity index (χ1v) is 8.05. The highest BCUT2D eigenvalue weighted by Crippen LogP contribution is 2.35. The minimum atomic E-state index is 0.0160. The molecule has 5 nitrogen and oxygen atoms in total. The Labute approximate surface area is 140 Å². The molecule has 0 saturated carbocycles. The molecular weight excluding hydrogens is 306 g/mol. The number of rotatable bonds is 2. The molecular formula is C19H19NO4. The number of fused-ring (bicyclic) bond motifs is 2. The highest BCUT2D eigenvalue weighted by atomic mass is 16.7. The molecule has 0 bridgehead atoms. The highest BCUT2D eigenvalue weighted by molar-refractivity contribution is 5.95. The fourth-order valence-corrected chi connectivity index (χ4v) is 3.41. The molecule has 2 aromatic rings. The van der Waals surface area contributed by atoms with Gasteiger partial charge in [-0.3, -0.25) is 4.79 Å². The molecule has 2 aliphatic heterocycles. The van der Waals surface area contributed by atoms with Crippen LogP contribution in [0.25, 0.3) is 0 Å². The van der Waals surface area contributed by atoms with Crippen molar-refractivity contribution in [2.24, 2.45) is 0 Å². The third kappa shape index (κ3) is 2.37. The Morgan fingerprint density at radius 1 is 1.17 bits per heavy atom.